The summed E-state index contributed by atoms with van der Waals surface area (Å²) in [5.41, 5.74) is 2.85. The lowest BCUT2D eigenvalue weighted by Gasteiger charge is -2.10. The van der Waals surface area contributed by atoms with E-state index < -0.39 is 0 Å². The SMILES string of the molecule is CCc1ccccc1NC(=O)C1CC1C(=O)NCc1ccccc1OC. The number of carbonyl (C=O) groups is 2. The van der Waals surface area contributed by atoms with Crippen LogP contribution < -0.4 is 15.4 Å². The second-order valence-electron chi connectivity index (χ2n) is 6.48. The molecule has 0 heterocycles. The molecule has 5 nitrogen and oxygen atoms in total. The molecule has 1 aliphatic carbocycles. The van der Waals surface area contributed by atoms with E-state index in [0.717, 1.165) is 29.0 Å². The van der Waals surface area contributed by atoms with Gasteiger partial charge >= 0.3 is 0 Å². The number of hydrogen-bond acceptors (Lipinski definition) is 3. The largest absolute Gasteiger partial charge is 0.496 e. The fraction of sp³-hybridized carbons (Fsp3) is 0.333. The van der Waals surface area contributed by atoms with Gasteiger partial charge in [0.15, 0.2) is 0 Å². The third kappa shape index (κ3) is 4.04. The first-order valence-corrected chi connectivity index (χ1v) is 8.92. The van der Waals surface area contributed by atoms with Crippen molar-refractivity contribution in [3.05, 3.63) is 59.7 Å². The summed E-state index contributed by atoms with van der Waals surface area (Å²) in [5.74, 6) is 0.0771. The van der Waals surface area contributed by atoms with Gasteiger partial charge in [-0.25, -0.2) is 0 Å². The van der Waals surface area contributed by atoms with E-state index in [0.29, 0.717) is 13.0 Å². The summed E-state index contributed by atoms with van der Waals surface area (Å²) in [6, 6.07) is 15.3. The number of methoxy groups -OCH3 is 1. The molecule has 1 saturated carbocycles. The summed E-state index contributed by atoms with van der Waals surface area (Å²) in [5, 5.41) is 5.87. The highest BCUT2D eigenvalue weighted by molar-refractivity contribution is 5.99. The van der Waals surface area contributed by atoms with Crippen molar-refractivity contribution in [1.29, 1.82) is 0 Å². The monoisotopic (exact) mass is 352 g/mol. The van der Waals surface area contributed by atoms with Crippen LogP contribution in [0.25, 0.3) is 0 Å². The Bertz CT molecular complexity index is 803. The predicted molar refractivity (Wildman–Crippen MR) is 101 cm³/mol. The molecule has 0 radical (unpaired) electrons. The Morgan fingerprint density at radius 1 is 1.00 bits per heavy atom. The molecule has 2 N–H and O–H groups in total. The number of aryl methyl sites for hydroxylation is 1. The smallest absolute Gasteiger partial charge is 0.228 e. The normalized spacial score (nSPS) is 18.1. The fourth-order valence-electron chi connectivity index (χ4n) is 3.11. The predicted octanol–water partition coefficient (Wildman–Crippen LogP) is 3.15. The zero-order chi connectivity index (χ0) is 18.5. The Morgan fingerprint density at radius 2 is 1.65 bits per heavy atom. The maximum atomic E-state index is 12.4. The molecular weight excluding hydrogens is 328 g/mol. The van der Waals surface area contributed by atoms with E-state index >= 15 is 0 Å². The van der Waals surface area contributed by atoms with E-state index in [4.69, 9.17) is 4.74 Å². The van der Waals surface area contributed by atoms with Gasteiger partial charge in [0.2, 0.25) is 11.8 Å². The van der Waals surface area contributed by atoms with Gasteiger partial charge in [0.1, 0.15) is 5.75 Å². The van der Waals surface area contributed by atoms with Crippen molar-refractivity contribution in [1.82, 2.24) is 5.32 Å². The van der Waals surface area contributed by atoms with Crippen molar-refractivity contribution < 1.29 is 14.3 Å². The molecule has 0 bridgehead atoms. The molecule has 2 amide bonds. The highest BCUT2D eigenvalue weighted by Gasteiger charge is 2.48. The zero-order valence-corrected chi connectivity index (χ0v) is 15.1. The molecule has 2 unspecified atom stereocenters. The van der Waals surface area contributed by atoms with Gasteiger partial charge in [-0.2, -0.15) is 0 Å². The van der Waals surface area contributed by atoms with Gasteiger partial charge in [-0.15, -0.1) is 0 Å². The first kappa shape index (κ1) is 18.0. The number of para-hydroxylation sites is 2. The second-order valence-corrected chi connectivity index (χ2v) is 6.48. The average Bonchev–Trinajstić information content (AvgIpc) is 3.48. The maximum absolute atomic E-state index is 12.4. The summed E-state index contributed by atoms with van der Waals surface area (Å²) < 4.78 is 5.29. The third-order valence-electron chi connectivity index (χ3n) is 4.77. The van der Waals surface area contributed by atoms with E-state index in [9.17, 15) is 9.59 Å². The van der Waals surface area contributed by atoms with Crippen molar-refractivity contribution in [2.24, 2.45) is 11.8 Å². The number of anilines is 1. The minimum atomic E-state index is -0.252. The van der Waals surface area contributed by atoms with Crippen molar-refractivity contribution in [2.45, 2.75) is 26.3 Å². The summed E-state index contributed by atoms with van der Waals surface area (Å²) in [4.78, 5) is 24.8. The van der Waals surface area contributed by atoms with Crippen LogP contribution in [0, 0.1) is 11.8 Å². The van der Waals surface area contributed by atoms with Crippen molar-refractivity contribution in [3.63, 3.8) is 0 Å². The van der Waals surface area contributed by atoms with Crippen LogP contribution in [-0.2, 0) is 22.6 Å². The molecule has 0 spiro atoms. The molecule has 136 valence electrons. The van der Waals surface area contributed by atoms with E-state index in [-0.39, 0.29) is 23.7 Å². The quantitative estimate of drug-likeness (QED) is 0.804. The molecule has 1 aliphatic rings. The molecule has 1 fully saturated rings. The van der Waals surface area contributed by atoms with E-state index in [1.165, 1.54) is 0 Å². The number of benzene rings is 2. The van der Waals surface area contributed by atoms with E-state index in [1.54, 1.807) is 7.11 Å². The van der Waals surface area contributed by atoms with Gasteiger partial charge in [0, 0.05) is 17.8 Å². The Balaban J connectivity index is 1.53. The molecule has 3 rings (SSSR count). The minimum absolute atomic E-state index is 0.0802. The summed E-state index contributed by atoms with van der Waals surface area (Å²) in [6.45, 7) is 2.45. The number of amides is 2. The molecule has 0 aliphatic heterocycles. The lowest BCUT2D eigenvalue weighted by Crippen LogP contribution is -2.27. The highest BCUT2D eigenvalue weighted by atomic mass is 16.5. The average molecular weight is 352 g/mol. The molecule has 26 heavy (non-hydrogen) atoms. The summed E-state index contributed by atoms with van der Waals surface area (Å²) >= 11 is 0. The van der Waals surface area contributed by atoms with Crippen LogP contribution in [0.4, 0.5) is 5.69 Å². The molecule has 0 aromatic heterocycles. The number of carbonyl (C=O) groups excluding carboxylic acids is 2. The van der Waals surface area contributed by atoms with Crippen LogP contribution in [-0.4, -0.2) is 18.9 Å². The molecular formula is C21H24N2O3. The molecule has 2 aromatic rings. The molecule has 0 saturated heterocycles. The van der Waals surface area contributed by atoms with Crippen LogP contribution in [0.2, 0.25) is 0 Å². The number of ether oxygens (including phenoxy) is 1. The number of hydrogen-bond donors (Lipinski definition) is 2. The second kappa shape index (κ2) is 8.04. The Labute approximate surface area is 153 Å². The van der Waals surface area contributed by atoms with Crippen molar-refractivity contribution in [2.75, 3.05) is 12.4 Å². The number of rotatable bonds is 7. The van der Waals surface area contributed by atoms with Gasteiger partial charge in [-0.3, -0.25) is 9.59 Å². The van der Waals surface area contributed by atoms with Crippen LogP contribution in [0.1, 0.15) is 24.5 Å². The summed E-state index contributed by atoms with van der Waals surface area (Å²) in [7, 11) is 1.61. The van der Waals surface area contributed by atoms with Gasteiger partial charge in [0.05, 0.1) is 18.9 Å². The van der Waals surface area contributed by atoms with Gasteiger partial charge < -0.3 is 15.4 Å². The number of nitrogens with one attached hydrogen (secondary N) is 2. The first-order chi connectivity index (χ1) is 12.6. The highest BCUT2D eigenvalue weighted by Crippen LogP contribution is 2.39. The van der Waals surface area contributed by atoms with Gasteiger partial charge in [-0.1, -0.05) is 43.3 Å². The van der Waals surface area contributed by atoms with Gasteiger partial charge in [0.25, 0.3) is 0 Å². The third-order valence-corrected chi connectivity index (χ3v) is 4.77. The minimum Gasteiger partial charge on any atom is -0.496 e. The van der Waals surface area contributed by atoms with E-state index in [1.807, 2.05) is 48.5 Å². The van der Waals surface area contributed by atoms with Crippen LogP contribution in [0.15, 0.2) is 48.5 Å². The lowest BCUT2D eigenvalue weighted by atomic mass is 10.1. The maximum Gasteiger partial charge on any atom is 0.228 e. The van der Waals surface area contributed by atoms with Gasteiger partial charge in [-0.05, 0) is 30.5 Å². The Morgan fingerprint density at radius 3 is 2.38 bits per heavy atom. The molecule has 2 aromatic carbocycles. The van der Waals surface area contributed by atoms with Crippen LogP contribution >= 0.6 is 0 Å². The topological polar surface area (TPSA) is 67.4 Å². The van der Waals surface area contributed by atoms with Crippen molar-refractivity contribution in [3.8, 4) is 5.75 Å². The molecule has 5 heteroatoms. The zero-order valence-electron chi connectivity index (χ0n) is 15.1. The summed E-state index contributed by atoms with van der Waals surface area (Å²) in [6.07, 6.45) is 1.45. The van der Waals surface area contributed by atoms with Crippen molar-refractivity contribution >= 4 is 17.5 Å². The first-order valence-electron chi connectivity index (χ1n) is 8.92. The Kier molecular flexibility index (Phi) is 5.56. The van der Waals surface area contributed by atoms with Crippen LogP contribution in [0.5, 0.6) is 5.75 Å². The lowest BCUT2D eigenvalue weighted by molar-refractivity contribution is -0.125. The fourth-order valence-corrected chi connectivity index (χ4v) is 3.11. The molecule has 2 atom stereocenters. The van der Waals surface area contributed by atoms with E-state index in [2.05, 4.69) is 17.6 Å². The standard InChI is InChI=1S/C21H24N2O3/c1-3-14-8-4-6-10-18(14)23-21(25)17-12-16(17)20(24)22-13-15-9-5-7-11-19(15)26-2/h4-11,16-17H,3,12-13H2,1-2H3,(H,22,24)(H,23,25). The van der Waals surface area contributed by atoms with Crippen LogP contribution in [0.3, 0.4) is 0 Å². The Hall–Kier alpha value is -2.82.